The van der Waals surface area contributed by atoms with E-state index in [1.807, 2.05) is 0 Å². The first-order valence-corrected chi connectivity index (χ1v) is 5.77. The molecule has 1 radical (unpaired) electrons. The van der Waals surface area contributed by atoms with Crippen molar-refractivity contribution in [3.05, 3.63) is 6.42 Å². The molecule has 1 fully saturated rings. The molecule has 1 aliphatic rings. The Kier molecular flexibility index (Phi) is 5.47. The lowest BCUT2D eigenvalue weighted by Gasteiger charge is -2.06. The summed E-state index contributed by atoms with van der Waals surface area (Å²) in [6.07, 6.45) is 15.6. The van der Waals surface area contributed by atoms with E-state index in [0.717, 1.165) is 5.92 Å². The van der Waals surface area contributed by atoms with Gasteiger partial charge in [0.15, 0.2) is 0 Å². The monoisotopic (exact) mass is 167 g/mol. The van der Waals surface area contributed by atoms with Crippen LogP contribution in [0.1, 0.15) is 64.7 Å². The highest BCUT2D eigenvalue weighted by molar-refractivity contribution is 4.80. The molecular formula is C12H23. The van der Waals surface area contributed by atoms with E-state index in [4.69, 9.17) is 0 Å². The van der Waals surface area contributed by atoms with Crippen LogP contribution in [0.2, 0.25) is 0 Å². The summed E-state index contributed by atoms with van der Waals surface area (Å²) in [5.41, 5.74) is 0. The Morgan fingerprint density at radius 2 is 1.83 bits per heavy atom. The van der Waals surface area contributed by atoms with Gasteiger partial charge in [0.25, 0.3) is 0 Å². The van der Waals surface area contributed by atoms with Crippen LogP contribution in [0.15, 0.2) is 0 Å². The lowest BCUT2D eigenvalue weighted by molar-refractivity contribution is 0.570. The SMILES string of the molecule is CCCCCC[CH]C1CCCC1. The quantitative estimate of drug-likeness (QED) is 0.516. The minimum absolute atomic E-state index is 0.992. The molecule has 0 nitrogen and oxygen atoms in total. The molecular weight excluding hydrogens is 144 g/mol. The number of hydrogen-bond acceptors (Lipinski definition) is 0. The second-order valence-electron chi connectivity index (χ2n) is 4.13. The fourth-order valence-electron chi connectivity index (χ4n) is 2.12. The first kappa shape index (κ1) is 10.1. The summed E-state index contributed by atoms with van der Waals surface area (Å²) in [6.45, 7) is 2.28. The zero-order chi connectivity index (χ0) is 8.65. The van der Waals surface area contributed by atoms with E-state index in [9.17, 15) is 0 Å². The first-order chi connectivity index (χ1) is 5.93. The Balaban J connectivity index is 1.81. The molecule has 1 rings (SSSR count). The molecule has 1 aliphatic carbocycles. The number of rotatable bonds is 6. The molecule has 0 aromatic rings. The molecule has 0 amide bonds. The predicted octanol–water partition coefficient (Wildman–Crippen LogP) is 4.35. The highest BCUT2D eigenvalue weighted by Gasteiger charge is 2.13. The molecule has 0 spiro atoms. The van der Waals surface area contributed by atoms with E-state index in [0.29, 0.717) is 0 Å². The fourth-order valence-corrected chi connectivity index (χ4v) is 2.12. The zero-order valence-electron chi connectivity index (χ0n) is 8.52. The van der Waals surface area contributed by atoms with Gasteiger partial charge in [-0.25, -0.2) is 0 Å². The molecule has 0 heteroatoms. The standard InChI is InChI=1S/C12H23/c1-2-3-4-5-6-9-12-10-7-8-11-12/h9,12H,2-8,10-11H2,1H3. The van der Waals surface area contributed by atoms with Crippen molar-refractivity contribution in [1.82, 2.24) is 0 Å². The van der Waals surface area contributed by atoms with Crippen LogP contribution in [0, 0.1) is 12.3 Å². The maximum Gasteiger partial charge on any atom is -0.0355 e. The fraction of sp³-hybridized carbons (Fsp3) is 0.917. The average molecular weight is 167 g/mol. The van der Waals surface area contributed by atoms with Gasteiger partial charge in [-0.1, -0.05) is 58.3 Å². The molecule has 0 heterocycles. The van der Waals surface area contributed by atoms with Crippen LogP contribution in [0.25, 0.3) is 0 Å². The van der Waals surface area contributed by atoms with Gasteiger partial charge < -0.3 is 0 Å². The zero-order valence-corrected chi connectivity index (χ0v) is 8.52. The Bertz CT molecular complexity index is 90.2. The highest BCUT2D eigenvalue weighted by Crippen LogP contribution is 2.28. The van der Waals surface area contributed by atoms with Gasteiger partial charge in [0.1, 0.15) is 0 Å². The van der Waals surface area contributed by atoms with Crippen LogP contribution in [-0.4, -0.2) is 0 Å². The van der Waals surface area contributed by atoms with Crippen molar-refractivity contribution in [3.63, 3.8) is 0 Å². The van der Waals surface area contributed by atoms with Crippen LogP contribution >= 0.6 is 0 Å². The van der Waals surface area contributed by atoms with Crippen LogP contribution in [0.4, 0.5) is 0 Å². The van der Waals surface area contributed by atoms with Gasteiger partial charge in [0.2, 0.25) is 0 Å². The molecule has 0 saturated heterocycles. The number of unbranched alkanes of at least 4 members (excludes halogenated alkanes) is 4. The van der Waals surface area contributed by atoms with E-state index in [1.165, 1.54) is 57.8 Å². The third-order valence-corrected chi connectivity index (χ3v) is 2.96. The van der Waals surface area contributed by atoms with Crippen LogP contribution in [0.3, 0.4) is 0 Å². The van der Waals surface area contributed by atoms with Gasteiger partial charge in [-0.05, 0) is 18.8 Å². The molecule has 0 N–H and O–H groups in total. The average Bonchev–Trinajstić information content (AvgIpc) is 2.57. The van der Waals surface area contributed by atoms with E-state index >= 15 is 0 Å². The van der Waals surface area contributed by atoms with Crippen molar-refractivity contribution < 1.29 is 0 Å². The van der Waals surface area contributed by atoms with Crippen molar-refractivity contribution in [2.45, 2.75) is 64.7 Å². The summed E-state index contributed by atoms with van der Waals surface area (Å²) >= 11 is 0. The normalized spacial score (nSPS) is 18.8. The van der Waals surface area contributed by atoms with E-state index in [1.54, 1.807) is 0 Å². The van der Waals surface area contributed by atoms with Gasteiger partial charge in [0, 0.05) is 0 Å². The lowest BCUT2D eigenvalue weighted by atomic mass is 9.99. The summed E-state index contributed by atoms with van der Waals surface area (Å²) < 4.78 is 0. The first-order valence-electron chi connectivity index (χ1n) is 5.77. The van der Waals surface area contributed by atoms with Crippen LogP contribution < -0.4 is 0 Å². The van der Waals surface area contributed by atoms with Gasteiger partial charge in [-0.3, -0.25) is 0 Å². The van der Waals surface area contributed by atoms with Crippen molar-refractivity contribution in [2.24, 2.45) is 5.92 Å². The molecule has 12 heavy (non-hydrogen) atoms. The summed E-state index contributed by atoms with van der Waals surface area (Å²) in [6, 6.07) is 0. The Labute approximate surface area is 77.7 Å². The maximum absolute atomic E-state index is 2.59. The van der Waals surface area contributed by atoms with Crippen LogP contribution in [0.5, 0.6) is 0 Å². The van der Waals surface area contributed by atoms with Crippen molar-refractivity contribution in [3.8, 4) is 0 Å². The Morgan fingerprint density at radius 3 is 2.50 bits per heavy atom. The van der Waals surface area contributed by atoms with Crippen molar-refractivity contribution >= 4 is 0 Å². The minimum atomic E-state index is 0.992. The largest absolute Gasteiger partial charge is 0.0654 e. The minimum Gasteiger partial charge on any atom is -0.0654 e. The van der Waals surface area contributed by atoms with Crippen LogP contribution in [-0.2, 0) is 0 Å². The molecule has 0 aromatic heterocycles. The summed E-state index contributed by atoms with van der Waals surface area (Å²) in [5, 5.41) is 0. The summed E-state index contributed by atoms with van der Waals surface area (Å²) in [5.74, 6) is 0.992. The smallest absolute Gasteiger partial charge is 0.0355 e. The summed E-state index contributed by atoms with van der Waals surface area (Å²) in [4.78, 5) is 0. The summed E-state index contributed by atoms with van der Waals surface area (Å²) in [7, 11) is 0. The van der Waals surface area contributed by atoms with Gasteiger partial charge in [-0.2, -0.15) is 0 Å². The van der Waals surface area contributed by atoms with Gasteiger partial charge in [0.05, 0.1) is 0 Å². The van der Waals surface area contributed by atoms with Crippen molar-refractivity contribution in [1.29, 1.82) is 0 Å². The highest BCUT2D eigenvalue weighted by atomic mass is 14.2. The van der Waals surface area contributed by atoms with E-state index in [-0.39, 0.29) is 0 Å². The second-order valence-corrected chi connectivity index (χ2v) is 4.13. The van der Waals surface area contributed by atoms with Gasteiger partial charge >= 0.3 is 0 Å². The Hall–Kier alpha value is 0. The predicted molar refractivity (Wildman–Crippen MR) is 55.0 cm³/mol. The number of hydrogen-bond donors (Lipinski definition) is 0. The van der Waals surface area contributed by atoms with E-state index < -0.39 is 0 Å². The molecule has 0 aliphatic heterocycles. The lowest BCUT2D eigenvalue weighted by Crippen LogP contribution is -1.93. The second kappa shape index (κ2) is 6.51. The molecule has 0 bridgehead atoms. The van der Waals surface area contributed by atoms with E-state index in [2.05, 4.69) is 13.3 Å². The van der Waals surface area contributed by atoms with Crippen molar-refractivity contribution in [2.75, 3.05) is 0 Å². The molecule has 0 atom stereocenters. The maximum atomic E-state index is 2.59. The van der Waals surface area contributed by atoms with Gasteiger partial charge in [-0.15, -0.1) is 0 Å². The molecule has 0 aromatic carbocycles. The topological polar surface area (TPSA) is 0 Å². The molecule has 71 valence electrons. The molecule has 1 saturated carbocycles. The third kappa shape index (κ3) is 4.13. The third-order valence-electron chi connectivity index (χ3n) is 2.96. The molecule has 0 unspecified atom stereocenters. The Morgan fingerprint density at radius 1 is 1.08 bits per heavy atom.